The Bertz CT molecular complexity index is 335. The van der Waals surface area contributed by atoms with Crippen molar-refractivity contribution < 1.29 is 24.9 Å². The molecular formula is C11H19NO5. The smallest absolute Gasteiger partial charge is 0.408 e. The normalized spacial score (nSPS) is 29.4. The molecule has 6 heteroatoms. The van der Waals surface area contributed by atoms with Crippen LogP contribution < -0.4 is 0 Å². The predicted molar refractivity (Wildman–Crippen MR) is 59.8 cm³/mol. The lowest BCUT2D eigenvalue weighted by molar-refractivity contribution is -0.150. The molecular weight excluding hydrogens is 226 g/mol. The monoisotopic (exact) mass is 245 g/mol. The summed E-state index contributed by atoms with van der Waals surface area (Å²) >= 11 is 0. The molecule has 98 valence electrons. The summed E-state index contributed by atoms with van der Waals surface area (Å²) in [5, 5.41) is 28.0. The highest BCUT2D eigenvalue weighted by Crippen LogP contribution is 2.39. The highest BCUT2D eigenvalue weighted by molar-refractivity contribution is 5.85. The number of β-amino-alcohol motifs (C(OH)–C–C–N with tert-alkyl or cyclic N) is 1. The first-order chi connectivity index (χ1) is 7.58. The molecule has 1 rings (SSSR count). The molecule has 0 aromatic carbocycles. The largest absolute Gasteiger partial charge is 0.479 e. The Labute approximate surface area is 99.8 Å². The van der Waals surface area contributed by atoms with E-state index in [0.29, 0.717) is 0 Å². The second-order valence-electron chi connectivity index (χ2n) is 5.83. The van der Waals surface area contributed by atoms with Crippen molar-refractivity contribution in [2.45, 2.75) is 45.3 Å². The molecule has 17 heavy (non-hydrogen) atoms. The van der Waals surface area contributed by atoms with Crippen LogP contribution in [0.1, 0.15) is 33.6 Å². The van der Waals surface area contributed by atoms with Crippen LogP contribution in [0.4, 0.5) is 4.79 Å². The summed E-state index contributed by atoms with van der Waals surface area (Å²) in [6, 6.07) is 0. The van der Waals surface area contributed by atoms with Gasteiger partial charge in [0, 0.05) is 6.42 Å². The molecule has 1 aliphatic rings. The van der Waals surface area contributed by atoms with Crippen molar-refractivity contribution in [2.24, 2.45) is 5.41 Å². The van der Waals surface area contributed by atoms with Crippen molar-refractivity contribution in [3.05, 3.63) is 0 Å². The first-order valence-electron chi connectivity index (χ1n) is 5.50. The number of carboxylic acids is 1. The maximum Gasteiger partial charge on any atom is 0.408 e. The molecule has 0 radical (unpaired) electrons. The second kappa shape index (κ2) is 4.18. The molecule has 0 aliphatic carbocycles. The van der Waals surface area contributed by atoms with E-state index in [1.807, 2.05) is 20.8 Å². The highest BCUT2D eigenvalue weighted by atomic mass is 16.4. The van der Waals surface area contributed by atoms with Crippen LogP contribution in [0.2, 0.25) is 0 Å². The molecule has 1 saturated heterocycles. The molecule has 0 aromatic rings. The minimum absolute atomic E-state index is 0.0497. The summed E-state index contributed by atoms with van der Waals surface area (Å²) in [5.41, 5.74) is -1.85. The van der Waals surface area contributed by atoms with Crippen molar-refractivity contribution in [1.82, 2.24) is 4.90 Å². The number of likely N-dealkylation sites (tertiary alicyclic amines) is 1. The molecule has 6 nitrogen and oxygen atoms in total. The van der Waals surface area contributed by atoms with Crippen LogP contribution in [0.15, 0.2) is 0 Å². The van der Waals surface area contributed by atoms with Gasteiger partial charge < -0.3 is 15.3 Å². The van der Waals surface area contributed by atoms with Crippen molar-refractivity contribution >= 4 is 12.1 Å². The molecule has 1 aliphatic heterocycles. The molecule has 0 unspecified atom stereocenters. The number of rotatable bonds is 2. The first kappa shape index (κ1) is 13.8. The molecule has 2 atom stereocenters. The summed E-state index contributed by atoms with van der Waals surface area (Å²) in [5.74, 6) is -1.19. The molecule has 3 N–H and O–H groups in total. The van der Waals surface area contributed by atoms with E-state index in [-0.39, 0.29) is 24.8 Å². The summed E-state index contributed by atoms with van der Waals surface area (Å²) in [4.78, 5) is 23.4. The lowest BCUT2D eigenvalue weighted by Crippen LogP contribution is -2.54. The second-order valence-corrected chi connectivity index (χ2v) is 5.83. The number of nitrogens with zero attached hydrogens (tertiary/aromatic N) is 1. The number of hydrogen-bond acceptors (Lipinski definition) is 3. The van der Waals surface area contributed by atoms with Gasteiger partial charge in [0.2, 0.25) is 0 Å². The van der Waals surface area contributed by atoms with Crippen LogP contribution in [0.5, 0.6) is 0 Å². The first-order valence-corrected chi connectivity index (χ1v) is 5.50. The van der Waals surface area contributed by atoms with E-state index in [2.05, 4.69) is 0 Å². The zero-order valence-corrected chi connectivity index (χ0v) is 10.3. The molecule has 0 aromatic heterocycles. The summed E-state index contributed by atoms with van der Waals surface area (Å²) < 4.78 is 0. The summed E-state index contributed by atoms with van der Waals surface area (Å²) in [7, 11) is 0. The highest BCUT2D eigenvalue weighted by Gasteiger charge is 2.55. The Morgan fingerprint density at radius 1 is 1.35 bits per heavy atom. The predicted octanol–water partition coefficient (Wildman–Crippen LogP) is 0.991. The summed E-state index contributed by atoms with van der Waals surface area (Å²) in [6.45, 7) is 5.41. The van der Waals surface area contributed by atoms with Crippen molar-refractivity contribution in [2.75, 3.05) is 6.54 Å². The van der Waals surface area contributed by atoms with E-state index in [1.165, 1.54) is 0 Å². The minimum Gasteiger partial charge on any atom is -0.479 e. The van der Waals surface area contributed by atoms with E-state index in [9.17, 15) is 19.8 Å². The number of hydrogen-bond donors (Lipinski definition) is 3. The number of carboxylic acid groups (broad SMARTS) is 2. The Morgan fingerprint density at radius 2 is 1.88 bits per heavy atom. The zero-order valence-electron chi connectivity index (χ0n) is 10.3. The van der Waals surface area contributed by atoms with E-state index >= 15 is 0 Å². The average molecular weight is 245 g/mol. The quantitative estimate of drug-likeness (QED) is 0.674. The molecule has 0 spiro atoms. The Hall–Kier alpha value is -1.30. The van der Waals surface area contributed by atoms with E-state index in [1.54, 1.807) is 0 Å². The van der Waals surface area contributed by atoms with E-state index < -0.39 is 23.7 Å². The van der Waals surface area contributed by atoms with Gasteiger partial charge in [0.1, 0.15) is 5.54 Å². The number of aliphatic hydroxyl groups is 1. The fourth-order valence-electron chi connectivity index (χ4n) is 2.53. The Morgan fingerprint density at radius 3 is 2.24 bits per heavy atom. The third-order valence-corrected chi connectivity index (χ3v) is 2.94. The molecule has 0 bridgehead atoms. The van der Waals surface area contributed by atoms with E-state index in [0.717, 1.165) is 4.90 Å². The molecule has 0 saturated carbocycles. The van der Waals surface area contributed by atoms with Gasteiger partial charge in [-0.1, -0.05) is 20.8 Å². The SMILES string of the molecule is CC(C)(C)C[C@]1(C(=O)O)C[C@@H](O)CN1C(=O)O. The van der Waals surface area contributed by atoms with Gasteiger partial charge in [-0.3, -0.25) is 4.90 Å². The fourth-order valence-corrected chi connectivity index (χ4v) is 2.53. The van der Waals surface area contributed by atoms with Crippen LogP contribution >= 0.6 is 0 Å². The number of amides is 1. The van der Waals surface area contributed by atoms with Gasteiger partial charge in [-0.05, 0) is 11.8 Å². The van der Waals surface area contributed by atoms with Gasteiger partial charge >= 0.3 is 12.1 Å². The number of aliphatic carboxylic acids is 1. The van der Waals surface area contributed by atoms with Gasteiger partial charge in [0.05, 0.1) is 12.6 Å². The van der Waals surface area contributed by atoms with Crippen LogP contribution in [0.3, 0.4) is 0 Å². The third-order valence-electron chi connectivity index (χ3n) is 2.94. The van der Waals surface area contributed by atoms with Gasteiger partial charge in [-0.15, -0.1) is 0 Å². The Kier molecular flexibility index (Phi) is 3.38. The maximum atomic E-state index is 11.4. The van der Waals surface area contributed by atoms with Gasteiger partial charge in [-0.2, -0.15) is 0 Å². The summed E-state index contributed by atoms with van der Waals surface area (Å²) in [6.07, 6.45) is -2.08. The van der Waals surface area contributed by atoms with Crippen LogP contribution in [-0.2, 0) is 4.79 Å². The average Bonchev–Trinajstić information content (AvgIpc) is 2.40. The lowest BCUT2D eigenvalue weighted by atomic mass is 9.78. The standard InChI is InChI=1S/C11H19NO5/c1-10(2,3)6-11(8(14)15)4-7(13)5-12(11)9(16)17/h7,13H,4-6H2,1-3H3,(H,14,15)(H,16,17)/t7-,11+/m1/s1. The molecule has 1 amide bonds. The van der Waals surface area contributed by atoms with Crippen LogP contribution in [0, 0.1) is 5.41 Å². The molecule has 1 heterocycles. The third kappa shape index (κ3) is 2.69. The van der Waals surface area contributed by atoms with Crippen molar-refractivity contribution in [3.8, 4) is 0 Å². The lowest BCUT2D eigenvalue weighted by Gasteiger charge is -2.37. The topological polar surface area (TPSA) is 98.1 Å². The van der Waals surface area contributed by atoms with Gasteiger partial charge in [0.15, 0.2) is 0 Å². The van der Waals surface area contributed by atoms with E-state index in [4.69, 9.17) is 5.11 Å². The minimum atomic E-state index is -1.51. The van der Waals surface area contributed by atoms with Crippen molar-refractivity contribution in [3.63, 3.8) is 0 Å². The van der Waals surface area contributed by atoms with Crippen LogP contribution in [-0.4, -0.2) is 50.5 Å². The number of aliphatic hydroxyl groups excluding tert-OH is 1. The van der Waals surface area contributed by atoms with Gasteiger partial charge in [-0.25, -0.2) is 9.59 Å². The van der Waals surface area contributed by atoms with Crippen molar-refractivity contribution in [1.29, 1.82) is 0 Å². The Balaban J connectivity index is 3.13. The maximum absolute atomic E-state index is 11.4. The van der Waals surface area contributed by atoms with Gasteiger partial charge in [0.25, 0.3) is 0 Å². The molecule has 1 fully saturated rings. The fraction of sp³-hybridized carbons (Fsp3) is 0.818. The van der Waals surface area contributed by atoms with Crippen LogP contribution in [0.25, 0.3) is 0 Å². The zero-order chi connectivity index (χ0) is 13.4. The number of carbonyl (C=O) groups is 2.